The standard InChI is InChI=1S/C21H21ClN4O3S.ClH/c1-13-10-14(22)11-17-19(13)23-20(30-17)25(9-8-24(2)3)18(27)12-26-15-6-4-5-7-16(15)29-21(26)28;/h4-7,10-11H,8-9,12H2,1-3H3;1H. The van der Waals surface area contributed by atoms with Crippen molar-refractivity contribution in [3.8, 4) is 0 Å². The van der Waals surface area contributed by atoms with Gasteiger partial charge in [-0.2, -0.15) is 0 Å². The van der Waals surface area contributed by atoms with Crippen molar-refractivity contribution in [2.24, 2.45) is 0 Å². The molecule has 0 fully saturated rings. The van der Waals surface area contributed by atoms with Crippen molar-refractivity contribution < 1.29 is 9.21 Å². The van der Waals surface area contributed by atoms with Gasteiger partial charge in [-0.05, 0) is 50.8 Å². The smallest absolute Gasteiger partial charge is 0.408 e. The van der Waals surface area contributed by atoms with Crippen LogP contribution in [-0.2, 0) is 11.3 Å². The molecular formula is C21H22Cl2N4O3S. The number of amides is 1. The minimum atomic E-state index is -0.552. The average molecular weight is 481 g/mol. The molecule has 0 saturated heterocycles. The summed E-state index contributed by atoms with van der Waals surface area (Å²) in [5.74, 6) is -0.780. The summed E-state index contributed by atoms with van der Waals surface area (Å²) in [5, 5.41) is 1.22. The number of halogens is 2. The molecule has 1 amide bonds. The lowest BCUT2D eigenvalue weighted by molar-refractivity contribution is -0.119. The summed E-state index contributed by atoms with van der Waals surface area (Å²) in [5.41, 5.74) is 2.83. The van der Waals surface area contributed by atoms with Crippen LogP contribution in [0.25, 0.3) is 21.3 Å². The molecule has 0 atom stereocenters. The second-order valence-electron chi connectivity index (χ2n) is 7.34. The highest BCUT2D eigenvalue weighted by molar-refractivity contribution is 7.22. The van der Waals surface area contributed by atoms with Gasteiger partial charge in [0.1, 0.15) is 6.54 Å². The van der Waals surface area contributed by atoms with E-state index in [1.165, 1.54) is 15.9 Å². The number of fused-ring (bicyclic) bond motifs is 2. The molecule has 0 bridgehead atoms. The van der Waals surface area contributed by atoms with Crippen molar-refractivity contribution in [1.82, 2.24) is 14.5 Å². The van der Waals surface area contributed by atoms with E-state index in [1.807, 2.05) is 44.1 Å². The molecule has 164 valence electrons. The third kappa shape index (κ3) is 4.77. The molecule has 10 heteroatoms. The fraction of sp³-hybridized carbons (Fsp3) is 0.286. The largest absolute Gasteiger partial charge is 0.420 e. The van der Waals surface area contributed by atoms with Gasteiger partial charge in [0.2, 0.25) is 5.91 Å². The van der Waals surface area contributed by atoms with E-state index in [2.05, 4.69) is 0 Å². The van der Waals surface area contributed by atoms with Crippen molar-refractivity contribution in [1.29, 1.82) is 0 Å². The first-order valence-electron chi connectivity index (χ1n) is 9.43. The molecule has 0 unspecified atom stereocenters. The lowest BCUT2D eigenvalue weighted by Crippen LogP contribution is -2.39. The van der Waals surface area contributed by atoms with Gasteiger partial charge >= 0.3 is 5.76 Å². The summed E-state index contributed by atoms with van der Waals surface area (Å²) < 4.78 is 7.54. The van der Waals surface area contributed by atoms with Gasteiger partial charge in [0, 0.05) is 18.1 Å². The maximum Gasteiger partial charge on any atom is 0.420 e. The molecule has 0 aliphatic rings. The summed E-state index contributed by atoms with van der Waals surface area (Å²) >= 11 is 7.60. The summed E-state index contributed by atoms with van der Waals surface area (Å²) in [7, 11) is 3.89. The number of aryl methyl sites for hydroxylation is 1. The number of hydrogen-bond acceptors (Lipinski definition) is 6. The van der Waals surface area contributed by atoms with Crippen LogP contribution in [0.5, 0.6) is 0 Å². The summed E-state index contributed by atoms with van der Waals surface area (Å²) in [6.07, 6.45) is 0. The number of likely N-dealkylation sites (N-methyl/N-ethyl adjacent to an activating group) is 1. The maximum absolute atomic E-state index is 13.3. The van der Waals surface area contributed by atoms with Crippen molar-refractivity contribution >= 4 is 67.7 Å². The second-order valence-corrected chi connectivity index (χ2v) is 8.78. The van der Waals surface area contributed by atoms with E-state index in [-0.39, 0.29) is 24.9 Å². The second kappa shape index (κ2) is 9.40. The number of oxazole rings is 1. The topological polar surface area (TPSA) is 71.6 Å². The molecule has 2 aromatic heterocycles. The Morgan fingerprint density at radius 1 is 1.23 bits per heavy atom. The first-order valence-corrected chi connectivity index (χ1v) is 10.6. The van der Waals surface area contributed by atoms with Crippen LogP contribution in [-0.4, -0.2) is 47.5 Å². The first-order chi connectivity index (χ1) is 14.3. The molecule has 0 spiro atoms. The van der Waals surface area contributed by atoms with Crippen LogP contribution in [0.2, 0.25) is 5.02 Å². The molecule has 4 aromatic rings. The van der Waals surface area contributed by atoms with Crippen molar-refractivity contribution in [2.75, 3.05) is 32.1 Å². The van der Waals surface area contributed by atoms with Gasteiger partial charge in [0.05, 0.1) is 15.7 Å². The predicted octanol–water partition coefficient (Wildman–Crippen LogP) is 4.18. The van der Waals surface area contributed by atoms with E-state index in [9.17, 15) is 9.59 Å². The number of aromatic nitrogens is 2. The number of carbonyl (C=O) groups is 1. The Morgan fingerprint density at radius 2 is 1.97 bits per heavy atom. The third-order valence-electron chi connectivity index (χ3n) is 4.81. The molecule has 0 saturated carbocycles. The Morgan fingerprint density at radius 3 is 2.71 bits per heavy atom. The van der Waals surface area contributed by atoms with Gasteiger partial charge in [-0.3, -0.25) is 14.3 Å². The predicted molar refractivity (Wildman–Crippen MR) is 128 cm³/mol. The van der Waals surface area contributed by atoms with Crippen molar-refractivity contribution in [2.45, 2.75) is 13.5 Å². The lowest BCUT2D eigenvalue weighted by atomic mass is 10.2. The van der Waals surface area contributed by atoms with Crippen LogP contribution in [0.4, 0.5) is 5.13 Å². The van der Waals surface area contributed by atoms with E-state index < -0.39 is 5.76 Å². The van der Waals surface area contributed by atoms with Crippen molar-refractivity contribution in [3.05, 3.63) is 57.5 Å². The zero-order valence-corrected chi connectivity index (χ0v) is 19.7. The summed E-state index contributed by atoms with van der Waals surface area (Å²) in [6, 6.07) is 10.8. The monoisotopic (exact) mass is 480 g/mol. The van der Waals surface area contributed by atoms with E-state index >= 15 is 0 Å². The number of carbonyl (C=O) groups excluding carboxylic acids is 1. The lowest BCUT2D eigenvalue weighted by Gasteiger charge is -2.22. The van der Waals surface area contributed by atoms with Crippen LogP contribution >= 0.6 is 35.3 Å². The number of para-hydroxylation sites is 2. The quantitative estimate of drug-likeness (QED) is 0.413. The highest BCUT2D eigenvalue weighted by atomic mass is 35.5. The molecule has 0 radical (unpaired) electrons. The SMILES string of the molecule is Cc1cc(Cl)cc2sc(N(CCN(C)C)C(=O)Cn3c(=O)oc4ccccc43)nc12.Cl. The molecule has 7 nitrogen and oxygen atoms in total. The summed E-state index contributed by atoms with van der Waals surface area (Å²) in [4.78, 5) is 33.9. The van der Waals surface area contributed by atoms with E-state index in [0.29, 0.717) is 34.3 Å². The van der Waals surface area contributed by atoms with Crippen molar-refractivity contribution in [3.63, 3.8) is 0 Å². The molecule has 0 N–H and O–H groups in total. The third-order valence-corrected chi connectivity index (χ3v) is 6.05. The number of benzene rings is 2. The van der Waals surface area contributed by atoms with Gasteiger partial charge in [0.25, 0.3) is 0 Å². The Kier molecular flexibility index (Phi) is 7.06. The van der Waals surface area contributed by atoms with E-state index in [1.54, 1.807) is 23.1 Å². The minimum absolute atomic E-state index is 0. The van der Waals surface area contributed by atoms with Crippen LogP contribution in [0.1, 0.15) is 5.56 Å². The van der Waals surface area contributed by atoms with Crippen LogP contribution in [0, 0.1) is 6.92 Å². The maximum atomic E-state index is 13.3. The number of nitrogens with zero attached hydrogens (tertiary/aromatic N) is 4. The van der Waals surface area contributed by atoms with Crippen LogP contribution in [0.3, 0.4) is 0 Å². The highest BCUT2D eigenvalue weighted by Gasteiger charge is 2.23. The molecule has 31 heavy (non-hydrogen) atoms. The zero-order chi connectivity index (χ0) is 21.4. The van der Waals surface area contributed by atoms with Gasteiger partial charge < -0.3 is 9.32 Å². The van der Waals surface area contributed by atoms with Gasteiger partial charge in [-0.25, -0.2) is 9.78 Å². The van der Waals surface area contributed by atoms with E-state index in [4.69, 9.17) is 21.0 Å². The molecule has 4 rings (SSSR count). The van der Waals surface area contributed by atoms with Gasteiger partial charge in [-0.1, -0.05) is 35.1 Å². The fourth-order valence-corrected chi connectivity index (χ4v) is 4.73. The average Bonchev–Trinajstić information content (AvgIpc) is 3.23. The Hall–Kier alpha value is -2.39. The molecule has 0 aliphatic carbocycles. The molecule has 2 heterocycles. The molecule has 2 aromatic carbocycles. The Balaban J connectivity index is 0.00000272. The zero-order valence-electron chi connectivity index (χ0n) is 17.3. The van der Waals surface area contributed by atoms with Gasteiger partial charge in [-0.15, -0.1) is 12.4 Å². The fourth-order valence-electron chi connectivity index (χ4n) is 3.27. The first kappa shape index (κ1) is 23.3. The number of hydrogen-bond donors (Lipinski definition) is 0. The minimum Gasteiger partial charge on any atom is -0.408 e. The van der Waals surface area contributed by atoms with Crippen LogP contribution < -0.4 is 10.7 Å². The van der Waals surface area contributed by atoms with Gasteiger partial charge in [0.15, 0.2) is 10.7 Å². The number of anilines is 1. The molecule has 0 aliphatic heterocycles. The molecular weight excluding hydrogens is 459 g/mol. The number of rotatable bonds is 6. The normalized spacial score (nSPS) is 11.3. The van der Waals surface area contributed by atoms with E-state index in [0.717, 1.165) is 15.8 Å². The highest BCUT2D eigenvalue weighted by Crippen LogP contribution is 2.33. The van der Waals surface area contributed by atoms with Crippen LogP contribution in [0.15, 0.2) is 45.6 Å². The Bertz CT molecular complexity index is 1300. The number of thiazole rings is 1. The Labute approximate surface area is 194 Å². The summed E-state index contributed by atoms with van der Waals surface area (Å²) in [6.45, 7) is 2.92.